The van der Waals surface area contributed by atoms with Crippen LogP contribution in [0.1, 0.15) is 27.2 Å². The lowest BCUT2D eigenvalue weighted by atomic mass is 9.83. The molecule has 1 atom stereocenters. The van der Waals surface area contributed by atoms with Crippen LogP contribution in [0.15, 0.2) is 0 Å². The number of nitrogens with zero attached hydrogens (tertiary/aromatic N) is 1. The first-order valence-electron chi connectivity index (χ1n) is 5.57. The van der Waals surface area contributed by atoms with Gasteiger partial charge < -0.3 is 5.32 Å². The highest BCUT2D eigenvalue weighted by atomic mass is 15.3. The Kier molecular flexibility index (Phi) is 2.37. The van der Waals surface area contributed by atoms with Crippen LogP contribution in [-0.2, 0) is 0 Å². The van der Waals surface area contributed by atoms with Crippen molar-refractivity contribution >= 4 is 0 Å². The maximum atomic E-state index is 3.46. The summed E-state index contributed by atoms with van der Waals surface area (Å²) in [5, 5.41) is 3.46. The van der Waals surface area contributed by atoms with Crippen LogP contribution < -0.4 is 5.32 Å². The van der Waals surface area contributed by atoms with E-state index in [1.165, 1.54) is 32.6 Å². The van der Waals surface area contributed by atoms with Crippen molar-refractivity contribution < 1.29 is 0 Å². The average molecular weight is 182 g/mol. The van der Waals surface area contributed by atoms with E-state index in [2.05, 4.69) is 31.0 Å². The van der Waals surface area contributed by atoms with Crippen molar-refractivity contribution in [3.05, 3.63) is 0 Å². The lowest BCUT2D eigenvalue weighted by Crippen LogP contribution is -2.60. The van der Waals surface area contributed by atoms with Crippen LogP contribution in [0.4, 0.5) is 0 Å². The fourth-order valence-electron chi connectivity index (χ4n) is 2.45. The van der Waals surface area contributed by atoms with Gasteiger partial charge in [0.05, 0.1) is 0 Å². The van der Waals surface area contributed by atoms with Gasteiger partial charge in [0.1, 0.15) is 0 Å². The highest BCUT2D eigenvalue weighted by molar-refractivity contribution is 4.99. The summed E-state index contributed by atoms with van der Waals surface area (Å²) >= 11 is 0. The monoisotopic (exact) mass is 182 g/mol. The van der Waals surface area contributed by atoms with Gasteiger partial charge in [-0.1, -0.05) is 13.8 Å². The molecule has 1 N–H and O–H groups in total. The van der Waals surface area contributed by atoms with E-state index in [1.54, 1.807) is 0 Å². The van der Waals surface area contributed by atoms with Crippen molar-refractivity contribution in [2.75, 3.05) is 26.2 Å². The molecule has 2 aliphatic rings. The fraction of sp³-hybridized carbons (Fsp3) is 1.00. The van der Waals surface area contributed by atoms with Gasteiger partial charge in [0.15, 0.2) is 0 Å². The van der Waals surface area contributed by atoms with Crippen LogP contribution in [0.3, 0.4) is 0 Å². The summed E-state index contributed by atoms with van der Waals surface area (Å²) in [4.78, 5) is 2.66. The molecule has 2 heterocycles. The molecule has 0 saturated carbocycles. The largest absolute Gasteiger partial charge is 0.315 e. The minimum atomic E-state index is 0.478. The lowest BCUT2D eigenvalue weighted by Gasteiger charge is -2.50. The standard InChI is InChI=1S/C11H22N2/c1-9(2)10-6-13(7-10)11(3)4-5-12-8-11/h9-10,12H,4-8H2,1-3H3. The molecule has 0 aromatic heterocycles. The summed E-state index contributed by atoms with van der Waals surface area (Å²) in [6, 6.07) is 0. The summed E-state index contributed by atoms with van der Waals surface area (Å²) in [7, 11) is 0. The molecule has 2 rings (SSSR count). The first kappa shape index (κ1) is 9.47. The van der Waals surface area contributed by atoms with Gasteiger partial charge in [-0.25, -0.2) is 0 Å². The van der Waals surface area contributed by atoms with E-state index in [-0.39, 0.29) is 0 Å². The van der Waals surface area contributed by atoms with Gasteiger partial charge in [-0.3, -0.25) is 4.90 Å². The second kappa shape index (κ2) is 3.25. The second-order valence-corrected chi connectivity index (χ2v) is 5.33. The molecule has 2 aliphatic heterocycles. The Labute approximate surface area is 81.7 Å². The molecule has 2 saturated heterocycles. The van der Waals surface area contributed by atoms with E-state index in [0.717, 1.165) is 11.8 Å². The van der Waals surface area contributed by atoms with Crippen molar-refractivity contribution in [2.24, 2.45) is 11.8 Å². The Balaban J connectivity index is 1.85. The van der Waals surface area contributed by atoms with E-state index < -0.39 is 0 Å². The van der Waals surface area contributed by atoms with Gasteiger partial charge >= 0.3 is 0 Å². The van der Waals surface area contributed by atoms with Crippen LogP contribution in [0.25, 0.3) is 0 Å². The maximum absolute atomic E-state index is 3.46. The second-order valence-electron chi connectivity index (χ2n) is 5.33. The Morgan fingerprint density at radius 1 is 1.38 bits per heavy atom. The van der Waals surface area contributed by atoms with E-state index >= 15 is 0 Å². The molecule has 0 radical (unpaired) electrons. The maximum Gasteiger partial charge on any atom is 0.0318 e. The quantitative estimate of drug-likeness (QED) is 0.693. The summed E-state index contributed by atoms with van der Waals surface area (Å²) in [5.74, 6) is 1.83. The van der Waals surface area contributed by atoms with Gasteiger partial charge in [0, 0.05) is 25.2 Å². The van der Waals surface area contributed by atoms with Gasteiger partial charge in [0.25, 0.3) is 0 Å². The normalized spacial score (nSPS) is 36.9. The number of likely N-dealkylation sites (tertiary alicyclic amines) is 1. The highest BCUT2D eigenvalue weighted by Gasteiger charge is 2.42. The van der Waals surface area contributed by atoms with Crippen molar-refractivity contribution in [2.45, 2.75) is 32.7 Å². The Hall–Kier alpha value is -0.0800. The Bertz CT molecular complexity index is 177. The summed E-state index contributed by atoms with van der Waals surface area (Å²) < 4.78 is 0. The Morgan fingerprint density at radius 3 is 2.54 bits per heavy atom. The molecule has 0 aliphatic carbocycles. The summed E-state index contributed by atoms with van der Waals surface area (Å²) in [6.45, 7) is 12.2. The van der Waals surface area contributed by atoms with Crippen molar-refractivity contribution in [1.82, 2.24) is 10.2 Å². The van der Waals surface area contributed by atoms with Crippen LogP contribution in [0.5, 0.6) is 0 Å². The number of hydrogen-bond acceptors (Lipinski definition) is 2. The lowest BCUT2D eigenvalue weighted by molar-refractivity contribution is -0.0143. The first-order chi connectivity index (χ1) is 6.12. The third-order valence-corrected chi connectivity index (χ3v) is 3.96. The molecule has 2 heteroatoms. The Morgan fingerprint density at radius 2 is 2.08 bits per heavy atom. The van der Waals surface area contributed by atoms with Gasteiger partial charge in [-0.05, 0) is 31.7 Å². The third-order valence-electron chi connectivity index (χ3n) is 3.96. The fourth-order valence-corrected chi connectivity index (χ4v) is 2.45. The molecular weight excluding hydrogens is 160 g/mol. The number of hydrogen-bond donors (Lipinski definition) is 1. The molecule has 0 spiro atoms. The molecule has 76 valence electrons. The smallest absolute Gasteiger partial charge is 0.0318 e. The summed E-state index contributed by atoms with van der Waals surface area (Å²) in [6.07, 6.45) is 1.33. The molecule has 13 heavy (non-hydrogen) atoms. The van der Waals surface area contributed by atoms with Crippen LogP contribution >= 0.6 is 0 Å². The van der Waals surface area contributed by atoms with Gasteiger partial charge in [-0.15, -0.1) is 0 Å². The van der Waals surface area contributed by atoms with Crippen molar-refractivity contribution in [1.29, 1.82) is 0 Å². The van der Waals surface area contributed by atoms with Crippen molar-refractivity contribution in [3.8, 4) is 0 Å². The van der Waals surface area contributed by atoms with Crippen LogP contribution in [0.2, 0.25) is 0 Å². The van der Waals surface area contributed by atoms with E-state index in [0.29, 0.717) is 5.54 Å². The van der Waals surface area contributed by atoms with Crippen molar-refractivity contribution in [3.63, 3.8) is 0 Å². The number of nitrogens with one attached hydrogen (secondary N) is 1. The molecule has 0 aromatic rings. The molecule has 2 fully saturated rings. The predicted octanol–water partition coefficient (Wildman–Crippen LogP) is 1.33. The van der Waals surface area contributed by atoms with E-state index in [9.17, 15) is 0 Å². The average Bonchev–Trinajstić information content (AvgIpc) is 2.31. The SMILES string of the molecule is CC(C)C1CN(C2(C)CCNC2)C1. The zero-order valence-corrected chi connectivity index (χ0v) is 9.14. The highest BCUT2D eigenvalue weighted by Crippen LogP contribution is 2.33. The van der Waals surface area contributed by atoms with E-state index in [1.807, 2.05) is 0 Å². The predicted molar refractivity (Wildman–Crippen MR) is 55.8 cm³/mol. The molecule has 0 bridgehead atoms. The van der Waals surface area contributed by atoms with Gasteiger partial charge in [-0.2, -0.15) is 0 Å². The molecular formula is C11H22N2. The van der Waals surface area contributed by atoms with E-state index in [4.69, 9.17) is 0 Å². The minimum absolute atomic E-state index is 0.478. The van der Waals surface area contributed by atoms with Crippen LogP contribution in [0, 0.1) is 11.8 Å². The zero-order chi connectivity index (χ0) is 9.47. The minimum Gasteiger partial charge on any atom is -0.315 e. The van der Waals surface area contributed by atoms with Gasteiger partial charge in [0.2, 0.25) is 0 Å². The molecule has 0 amide bonds. The van der Waals surface area contributed by atoms with Crippen LogP contribution in [-0.4, -0.2) is 36.6 Å². The topological polar surface area (TPSA) is 15.3 Å². The molecule has 0 aromatic carbocycles. The number of rotatable bonds is 2. The summed E-state index contributed by atoms with van der Waals surface area (Å²) in [5.41, 5.74) is 0.478. The first-order valence-corrected chi connectivity index (χ1v) is 5.57. The molecule has 1 unspecified atom stereocenters. The molecule has 2 nitrogen and oxygen atoms in total. The third kappa shape index (κ3) is 1.62. The zero-order valence-electron chi connectivity index (χ0n) is 9.14.